The van der Waals surface area contributed by atoms with Crippen molar-refractivity contribution in [1.82, 2.24) is 24.8 Å². The van der Waals surface area contributed by atoms with Crippen LogP contribution in [0.3, 0.4) is 0 Å². The predicted octanol–water partition coefficient (Wildman–Crippen LogP) is 0.672. The molecule has 0 aromatic carbocycles. The first-order valence-electron chi connectivity index (χ1n) is 3.85. The molecule has 0 saturated carbocycles. The highest BCUT2D eigenvalue weighted by molar-refractivity contribution is 5.74. The van der Waals surface area contributed by atoms with E-state index in [1.807, 2.05) is 12.1 Å². The third kappa shape index (κ3) is 0.807. The molecule has 3 heterocycles. The minimum absolute atomic E-state index is 0.749. The smallest absolute Gasteiger partial charge is 0.177 e. The summed E-state index contributed by atoms with van der Waals surface area (Å²) in [6.45, 7) is 0. The molecule has 0 aliphatic heterocycles. The Hall–Kier alpha value is -2.04. The summed E-state index contributed by atoms with van der Waals surface area (Å²) >= 11 is 0. The molecule has 5 nitrogen and oxygen atoms in total. The van der Waals surface area contributed by atoms with Gasteiger partial charge in [0.25, 0.3) is 0 Å². The van der Waals surface area contributed by atoms with Crippen LogP contribution in [0.15, 0.2) is 30.7 Å². The molecule has 5 heteroatoms. The predicted molar refractivity (Wildman–Crippen MR) is 46.1 cm³/mol. The van der Waals surface area contributed by atoms with Gasteiger partial charge >= 0.3 is 0 Å². The van der Waals surface area contributed by atoms with Gasteiger partial charge in [0.05, 0.1) is 17.9 Å². The highest BCUT2D eigenvalue weighted by Crippen LogP contribution is 2.08. The Morgan fingerprint density at radius 3 is 3.08 bits per heavy atom. The first-order chi connectivity index (χ1) is 6.45. The van der Waals surface area contributed by atoms with Gasteiger partial charge in [0.15, 0.2) is 5.65 Å². The van der Waals surface area contributed by atoms with E-state index < -0.39 is 0 Å². The van der Waals surface area contributed by atoms with Gasteiger partial charge in [-0.25, -0.2) is 4.52 Å². The molecule has 62 valence electrons. The van der Waals surface area contributed by atoms with E-state index >= 15 is 0 Å². The number of rotatable bonds is 0. The first-order valence-corrected chi connectivity index (χ1v) is 3.85. The highest BCUT2D eigenvalue weighted by Gasteiger charge is 2.01. The van der Waals surface area contributed by atoms with Gasteiger partial charge < -0.3 is 0 Å². The van der Waals surface area contributed by atoms with Gasteiger partial charge in [-0.1, -0.05) is 0 Å². The Bertz CT molecular complexity index is 571. The highest BCUT2D eigenvalue weighted by atomic mass is 15.3. The van der Waals surface area contributed by atoms with Gasteiger partial charge in [0, 0.05) is 12.3 Å². The average molecular weight is 171 g/mol. The van der Waals surface area contributed by atoms with Gasteiger partial charge in [-0.3, -0.25) is 4.98 Å². The van der Waals surface area contributed by atoms with Gasteiger partial charge in [-0.05, 0) is 6.07 Å². The average Bonchev–Trinajstić information content (AvgIpc) is 2.65. The van der Waals surface area contributed by atoms with Crippen molar-refractivity contribution in [2.75, 3.05) is 0 Å². The van der Waals surface area contributed by atoms with Crippen molar-refractivity contribution in [3.05, 3.63) is 30.7 Å². The van der Waals surface area contributed by atoms with E-state index in [-0.39, 0.29) is 0 Å². The second-order valence-electron chi connectivity index (χ2n) is 2.67. The normalized spacial score (nSPS) is 11.1. The van der Waals surface area contributed by atoms with Crippen LogP contribution in [0.1, 0.15) is 0 Å². The third-order valence-corrected chi connectivity index (χ3v) is 1.89. The Morgan fingerprint density at radius 2 is 2.08 bits per heavy atom. The van der Waals surface area contributed by atoms with E-state index in [9.17, 15) is 0 Å². The van der Waals surface area contributed by atoms with E-state index in [2.05, 4.69) is 20.3 Å². The monoisotopic (exact) mass is 171 g/mol. The summed E-state index contributed by atoms with van der Waals surface area (Å²) in [6.07, 6.45) is 5.08. The summed E-state index contributed by atoms with van der Waals surface area (Å²) in [4.78, 5) is 3.96. The Balaban J connectivity index is 2.65. The molecular formula is C8H5N5. The zero-order chi connectivity index (χ0) is 8.67. The maximum absolute atomic E-state index is 4.13. The first kappa shape index (κ1) is 6.47. The molecule has 0 atom stereocenters. The van der Waals surface area contributed by atoms with Crippen LogP contribution in [-0.2, 0) is 0 Å². The summed E-state index contributed by atoms with van der Waals surface area (Å²) in [6, 6.07) is 3.68. The van der Waals surface area contributed by atoms with Crippen LogP contribution in [0.4, 0.5) is 0 Å². The lowest BCUT2D eigenvalue weighted by atomic mass is 10.4. The maximum atomic E-state index is 4.13. The molecular weight excluding hydrogens is 166 g/mol. The SMILES string of the molecule is c1cc2c(cn1)nnc1ccnn12. The summed E-state index contributed by atoms with van der Waals surface area (Å²) in [5, 5.41) is 12.1. The standard InChI is InChI=1S/C8H5N5/c1-3-9-5-6-7(1)13-8(12-11-6)2-4-10-13/h1-5H. The number of pyridine rings is 1. The van der Waals surface area contributed by atoms with Crippen molar-refractivity contribution in [1.29, 1.82) is 0 Å². The quantitative estimate of drug-likeness (QED) is 0.499. The van der Waals surface area contributed by atoms with E-state index in [1.165, 1.54) is 0 Å². The third-order valence-electron chi connectivity index (χ3n) is 1.89. The zero-order valence-corrected chi connectivity index (χ0v) is 6.62. The fraction of sp³-hybridized carbons (Fsp3) is 0. The number of aromatic nitrogens is 5. The lowest BCUT2D eigenvalue weighted by Crippen LogP contribution is -1.95. The Labute approximate surface area is 73.0 Å². The molecule has 0 spiro atoms. The number of hydrogen-bond donors (Lipinski definition) is 0. The lowest BCUT2D eigenvalue weighted by Gasteiger charge is -1.96. The van der Waals surface area contributed by atoms with Crippen LogP contribution in [0, 0.1) is 0 Å². The van der Waals surface area contributed by atoms with Gasteiger partial charge in [0.1, 0.15) is 5.52 Å². The molecule has 0 saturated heterocycles. The van der Waals surface area contributed by atoms with Gasteiger partial charge in [-0.2, -0.15) is 5.10 Å². The summed E-state index contributed by atoms with van der Waals surface area (Å²) in [5.74, 6) is 0. The maximum Gasteiger partial charge on any atom is 0.177 e. The number of nitrogens with zero attached hydrogens (tertiary/aromatic N) is 5. The fourth-order valence-corrected chi connectivity index (χ4v) is 1.30. The van der Waals surface area contributed by atoms with Crippen molar-refractivity contribution >= 4 is 16.7 Å². The molecule has 3 rings (SSSR count). The second-order valence-corrected chi connectivity index (χ2v) is 2.67. The molecule has 0 aliphatic rings. The molecule has 0 amide bonds. The van der Waals surface area contributed by atoms with Crippen molar-refractivity contribution in [3.63, 3.8) is 0 Å². The van der Waals surface area contributed by atoms with Crippen LogP contribution in [0.5, 0.6) is 0 Å². The van der Waals surface area contributed by atoms with E-state index in [0.717, 1.165) is 16.7 Å². The van der Waals surface area contributed by atoms with Crippen LogP contribution in [0.2, 0.25) is 0 Å². The molecule has 0 N–H and O–H groups in total. The molecule has 3 aromatic heterocycles. The van der Waals surface area contributed by atoms with E-state index in [0.29, 0.717) is 0 Å². The van der Waals surface area contributed by atoms with Crippen molar-refractivity contribution in [2.24, 2.45) is 0 Å². The summed E-state index contributed by atoms with van der Waals surface area (Å²) in [7, 11) is 0. The van der Waals surface area contributed by atoms with Crippen LogP contribution >= 0.6 is 0 Å². The van der Waals surface area contributed by atoms with Gasteiger partial charge in [0.2, 0.25) is 0 Å². The van der Waals surface area contributed by atoms with Crippen LogP contribution < -0.4 is 0 Å². The lowest BCUT2D eigenvalue weighted by molar-refractivity contribution is 0.939. The largest absolute Gasteiger partial charge is 0.262 e. The van der Waals surface area contributed by atoms with Crippen LogP contribution in [-0.4, -0.2) is 24.8 Å². The molecule has 3 aromatic rings. The molecule has 0 bridgehead atoms. The molecule has 0 radical (unpaired) electrons. The van der Waals surface area contributed by atoms with Crippen molar-refractivity contribution in [3.8, 4) is 0 Å². The van der Waals surface area contributed by atoms with Crippen molar-refractivity contribution in [2.45, 2.75) is 0 Å². The van der Waals surface area contributed by atoms with Gasteiger partial charge in [-0.15, -0.1) is 10.2 Å². The molecule has 0 unspecified atom stereocenters. The second kappa shape index (κ2) is 2.22. The number of fused-ring (bicyclic) bond motifs is 3. The van der Waals surface area contributed by atoms with E-state index in [1.54, 1.807) is 23.1 Å². The minimum atomic E-state index is 0.749. The fourth-order valence-electron chi connectivity index (χ4n) is 1.30. The summed E-state index contributed by atoms with van der Waals surface area (Å²) in [5.41, 5.74) is 2.42. The van der Waals surface area contributed by atoms with Crippen LogP contribution in [0.25, 0.3) is 16.7 Å². The van der Waals surface area contributed by atoms with E-state index in [4.69, 9.17) is 0 Å². The molecule has 0 aliphatic carbocycles. The minimum Gasteiger partial charge on any atom is -0.262 e. The molecule has 0 fully saturated rings. The Morgan fingerprint density at radius 1 is 1.08 bits per heavy atom. The summed E-state index contributed by atoms with van der Waals surface area (Å²) < 4.78 is 1.74. The Kier molecular flexibility index (Phi) is 1.11. The van der Waals surface area contributed by atoms with Crippen molar-refractivity contribution < 1.29 is 0 Å². The zero-order valence-electron chi connectivity index (χ0n) is 6.62. The topological polar surface area (TPSA) is 56.0 Å². The molecule has 13 heavy (non-hydrogen) atoms. The number of hydrogen-bond acceptors (Lipinski definition) is 4.